The number of halogens is 1. The van der Waals surface area contributed by atoms with Gasteiger partial charge in [-0.05, 0) is 50.3 Å². The Morgan fingerprint density at radius 1 is 1.26 bits per heavy atom. The van der Waals surface area contributed by atoms with Crippen LogP contribution in [0.25, 0.3) is 0 Å². The summed E-state index contributed by atoms with van der Waals surface area (Å²) in [5.41, 5.74) is -0.00320. The zero-order chi connectivity index (χ0) is 19.6. The second-order valence-electron chi connectivity index (χ2n) is 7.70. The number of amides is 4. The SMILES string of the molecule is C[C@@H](NC(=O)CN1C(=O)N[C@](C)(C2CCCCC2)C1=O)c1ccc(Cl)cc1. The van der Waals surface area contributed by atoms with Crippen molar-refractivity contribution in [1.29, 1.82) is 0 Å². The average Bonchev–Trinajstić information content (AvgIpc) is 2.87. The van der Waals surface area contributed by atoms with E-state index in [1.165, 1.54) is 6.42 Å². The van der Waals surface area contributed by atoms with E-state index in [-0.39, 0.29) is 30.3 Å². The number of imide groups is 1. The van der Waals surface area contributed by atoms with Crippen LogP contribution in [0.2, 0.25) is 5.02 Å². The van der Waals surface area contributed by atoms with Gasteiger partial charge in [-0.15, -0.1) is 0 Å². The fourth-order valence-corrected chi connectivity index (χ4v) is 4.21. The topological polar surface area (TPSA) is 78.5 Å². The standard InChI is InChI=1S/C20H26ClN3O3/c1-13(14-8-10-16(21)11-9-14)22-17(25)12-24-18(26)20(2,23-19(24)27)15-6-4-3-5-7-15/h8-11,13,15H,3-7,12H2,1-2H3,(H,22,25)(H,23,27)/t13-,20-/m1/s1. The summed E-state index contributed by atoms with van der Waals surface area (Å²) < 4.78 is 0. The van der Waals surface area contributed by atoms with Crippen LogP contribution in [0.3, 0.4) is 0 Å². The van der Waals surface area contributed by atoms with E-state index in [9.17, 15) is 14.4 Å². The molecule has 1 heterocycles. The predicted octanol–water partition coefficient (Wildman–Crippen LogP) is 3.41. The zero-order valence-electron chi connectivity index (χ0n) is 15.8. The van der Waals surface area contributed by atoms with E-state index in [4.69, 9.17) is 11.6 Å². The molecule has 1 saturated heterocycles. The average molecular weight is 392 g/mol. The number of nitrogens with one attached hydrogen (secondary N) is 2. The van der Waals surface area contributed by atoms with E-state index >= 15 is 0 Å². The van der Waals surface area contributed by atoms with Gasteiger partial charge in [-0.2, -0.15) is 0 Å². The van der Waals surface area contributed by atoms with Gasteiger partial charge < -0.3 is 10.6 Å². The highest BCUT2D eigenvalue weighted by molar-refractivity contribution is 6.30. The first kappa shape index (κ1) is 19.7. The first-order valence-electron chi connectivity index (χ1n) is 9.50. The maximum atomic E-state index is 12.9. The van der Waals surface area contributed by atoms with Crippen molar-refractivity contribution in [2.75, 3.05) is 6.54 Å². The summed E-state index contributed by atoms with van der Waals surface area (Å²) in [7, 11) is 0. The molecule has 1 saturated carbocycles. The summed E-state index contributed by atoms with van der Waals surface area (Å²) in [6.07, 6.45) is 5.17. The van der Waals surface area contributed by atoms with Crippen LogP contribution >= 0.6 is 11.6 Å². The molecule has 1 aliphatic heterocycles. The maximum absolute atomic E-state index is 12.9. The molecule has 2 atom stereocenters. The van der Waals surface area contributed by atoms with Crippen LogP contribution in [0, 0.1) is 5.92 Å². The molecular formula is C20H26ClN3O3. The van der Waals surface area contributed by atoms with E-state index in [1.807, 2.05) is 19.1 Å². The Morgan fingerprint density at radius 3 is 2.52 bits per heavy atom. The normalized spacial score (nSPS) is 24.6. The van der Waals surface area contributed by atoms with Crippen LogP contribution in [0.15, 0.2) is 24.3 Å². The third kappa shape index (κ3) is 4.10. The highest BCUT2D eigenvalue weighted by atomic mass is 35.5. The quantitative estimate of drug-likeness (QED) is 0.755. The van der Waals surface area contributed by atoms with Crippen LogP contribution < -0.4 is 10.6 Å². The predicted molar refractivity (Wildman–Crippen MR) is 103 cm³/mol. The van der Waals surface area contributed by atoms with Crippen molar-refractivity contribution in [3.05, 3.63) is 34.9 Å². The molecule has 27 heavy (non-hydrogen) atoms. The molecule has 2 fully saturated rings. The van der Waals surface area contributed by atoms with E-state index in [0.717, 1.165) is 36.1 Å². The molecule has 6 nitrogen and oxygen atoms in total. The molecule has 0 radical (unpaired) electrons. The van der Waals surface area contributed by atoms with Crippen LogP contribution in [0.5, 0.6) is 0 Å². The van der Waals surface area contributed by atoms with Crippen LogP contribution in [-0.4, -0.2) is 34.8 Å². The minimum Gasteiger partial charge on any atom is -0.348 e. The van der Waals surface area contributed by atoms with Gasteiger partial charge in [0.05, 0.1) is 6.04 Å². The number of hydrogen-bond donors (Lipinski definition) is 2. The molecule has 0 bridgehead atoms. The lowest BCUT2D eigenvalue weighted by molar-refractivity contribution is -0.136. The van der Waals surface area contributed by atoms with Gasteiger partial charge in [-0.1, -0.05) is 43.0 Å². The molecule has 0 aromatic heterocycles. The Labute approximate surface area is 164 Å². The van der Waals surface area contributed by atoms with Gasteiger partial charge in [0, 0.05) is 5.02 Å². The Bertz CT molecular complexity index is 730. The second kappa shape index (κ2) is 7.89. The first-order valence-corrected chi connectivity index (χ1v) is 9.88. The summed E-state index contributed by atoms with van der Waals surface area (Å²) >= 11 is 5.88. The molecule has 7 heteroatoms. The molecule has 1 aliphatic carbocycles. The molecular weight excluding hydrogens is 366 g/mol. The van der Waals surface area contributed by atoms with Gasteiger partial charge in [-0.25, -0.2) is 4.79 Å². The minimum absolute atomic E-state index is 0.128. The Morgan fingerprint density at radius 2 is 1.89 bits per heavy atom. The van der Waals surface area contributed by atoms with E-state index < -0.39 is 11.6 Å². The molecule has 4 amide bonds. The van der Waals surface area contributed by atoms with Crippen molar-refractivity contribution in [2.24, 2.45) is 5.92 Å². The molecule has 1 aromatic rings. The number of benzene rings is 1. The van der Waals surface area contributed by atoms with Crippen molar-refractivity contribution < 1.29 is 14.4 Å². The number of urea groups is 1. The van der Waals surface area contributed by atoms with Crippen molar-refractivity contribution in [1.82, 2.24) is 15.5 Å². The third-order valence-electron chi connectivity index (χ3n) is 5.77. The first-order chi connectivity index (χ1) is 12.8. The van der Waals surface area contributed by atoms with Crippen molar-refractivity contribution in [2.45, 2.75) is 57.5 Å². The third-order valence-corrected chi connectivity index (χ3v) is 6.02. The molecule has 3 rings (SSSR count). The van der Waals surface area contributed by atoms with E-state index in [0.29, 0.717) is 5.02 Å². The molecule has 2 aliphatic rings. The minimum atomic E-state index is -0.903. The van der Waals surface area contributed by atoms with Gasteiger partial charge in [0.1, 0.15) is 12.1 Å². The Balaban J connectivity index is 1.62. The number of hydrogen-bond acceptors (Lipinski definition) is 3. The Kier molecular flexibility index (Phi) is 5.75. The van der Waals surface area contributed by atoms with Crippen molar-refractivity contribution in [3.8, 4) is 0 Å². The molecule has 2 N–H and O–H groups in total. The lowest BCUT2D eigenvalue weighted by atomic mass is 9.75. The summed E-state index contributed by atoms with van der Waals surface area (Å²) in [6, 6.07) is 6.45. The lowest BCUT2D eigenvalue weighted by Gasteiger charge is -2.34. The highest BCUT2D eigenvalue weighted by Crippen LogP contribution is 2.36. The number of carbonyl (C=O) groups is 3. The van der Waals surface area contributed by atoms with Crippen LogP contribution in [0.1, 0.15) is 57.6 Å². The van der Waals surface area contributed by atoms with Crippen molar-refractivity contribution >= 4 is 29.4 Å². The smallest absolute Gasteiger partial charge is 0.325 e. The van der Waals surface area contributed by atoms with Gasteiger partial charge >= 0.3 is 6.03 Å². The number of rotatable bonds is 5. The number of carbonyl (C=O) groups excluding carboxylic acids is 3. The van der Waals surface area contributed by atoms with Gasteiger partial charge in [-0.3, -0.25) is 14.5 Å². The van der Waals surface area contributed by atoms with Gasteiger partial charge in [0.15, 0.2) is 0 Å². The number of nitrogens with zero attached hydrogens (tertiary/aromatic N) is 1. The fraction of sp³-hybridized carbons (Fsp3) is 0.550. The molecule has 1 aromatic carbocycles. The summed E-state index contributed by atoms with van der Waals surface area (Å²) in [5, 5.41) is 6.30. The zero-order valence-corrected chi connectivity index (χ0v) is 16.5. The van der Waals surface area contributed by atoms with Crippen LogP contribution in [0.4, 0.5) is 4.79 Å². The summed E-state index contributed by atoms with van der Waals surface area (Å²) in [5.74, 6) is -0.536. The largest absolute Gasteiger partial charge is 0.348 e. The van der Waals surface area contributed by atoms with Gasteiger partial charge in [0.2, 0.25) is 5.91 Å². The van der Waals surface area contributed by atoms with Crippen LogP contribution in [-0.2, 0) is 9.59 Å². The monoisotopic (exact) mass is 391 g/mol. The van der Waals surface area contributed by atoms with E-state index in [1.54, 1.807) is 19.1 Å². The van der Waals surface area contributed by atoms with E-state index in [2.05, 4.69) is 10.6 Å². The summed E-state index contributed by atoms with van der Waals surface area (Å²) in [4.78, 5) is 38.7. The second-order valence-corrected chi connectivity index (χ2v) is 8.14. The molecule has 146 valence electrons. The highest BCUT2D eigenvalue weighted by Gasteiger charge is 2.52. The Hall–Kier alpha value is -2.08. The summed E-state index contributed by atoms with van der Waals surface area (Å²) in [6.45, 7) is 3.36. The lowest BCUT2D eigenvalue weighted by Crippen LogP contribution is -2.51. The fourth-order valence-electron chi connectivity index (χ4n) is 4.08. The molecule has 0 spiro atoms. The van der Waals surface area contributed by atoms with Crippen molar-refractivity contribution in [3.63, 3.8) is 0 Å². The maximum Gasteiger partial charge on any atom is 0.325 e. The molecule has 0 unspecified atom stereocenters. The van der Waals surface area contributed by atoms with Gasteiger partial charge in [0.25, 0.3) is 5.91 Å².